The number of nitrogens with zero attached hydrogens (tertiary/aromatic N) is 1. The van der Waals surface area contributed by atoms with Crippen LogP contribution in [0.15, 0.2) is 48.7 Å². The van der Waals surface area contributed by atoms with Crippen LogP contribution in [0.3, 0.4) is 0 Å². The first-order valence-electron chi connectivity index (χ1n) is 10.9. The lowest BCUT2D eigenvalue weighted by Gasteiger charge is -2.47. The van der Waals surface area contributed by atoms with Crippen molar-refractivity contribution >= 4 is 12.0 Å². The van der Waals surface area contributed by atoms with E-state index in [-0.39, 0.29) is 47.5 Å². The molecule has 0 radical (unpaired) electrons. The van der Waals surface area contributed by atoms with Gasteiger partial charge in [-0.2, -0.15) is 0 Å². The number of esters is 1. The summed E-state index contributed by atoms with van der Waals surface area (Å²) in [4.78, 5) is 16.9. The molecule has 1 saturated carbocycles. The molecule has 0 bridgehead atoms. The smallest absolute Gasteiger partial charge is 0.309 e. The number of aliphatic hydroxyl groups excluding tert-OH is 1. The van der Waals surface area contributed by atoms with Crippen LogP contribution in [0, 0.1) is 35.4 Å². The number of halogens is 1. The number of allylic oxidation sites excluding steroid dienone is 1. The number of carbonyl (C=O) groups excluding carboxylic acids is 1. The second kappa shape index (κ2) is 8.17. The molecular weight excluding hydrogens is 397 g/mol. The van der Waals surface area contributed by atoms with E-state index in [1.807, 2.05) is 25.1 Å². The summed E-state index contributed by atoms with van der Waals surface area (Å²) in [5.41, 5.74) is 2.02. The number of ether oxygens (including phenoxy) is 2. The number of hydrogen-bond donors (Lipinski definition) is 1. The summed E-state index contributed by atoms with van der Waals surface area (Å²) < 4.78 is 25.1. The summed E-state index contributed by atoms with van der Waals surface area (Å²) in [7, 11) is 0. The average Bonchev–Trinajstić information content (AvgIpc) is 3.06. The van der Waals surface area contributed by atoms with E-state index in [2.05, 4.69) is 11.1 Å². The molecule has 1 aromatic carbocycles. The molecule has 2 saturated heterocycles. The first-order chi connectivity index (χ1) is 15.0. The number of rotatable bonds is 3. The van der Waals surface area contributed by atoms with E-state index in [4.69, 9.17) is 9.47 Å². The van der Waals surface area contributed by atoms with Gasteiger partial charge in [-0.3, -0.25) is 9.78 Å². The number of aliphatic hydroxyl groups is 1. The highest BCUT2D eigenvalue weighted by Crippen LogP contribution is 2.52. The third-order valence-corrected chi connectivity index (χ3v) is 7.19. The molecule has 0 spiro atoms. The Morgan fingerprint density at radius 1 is 1.19 bits per heavy atom. The summed E-state index contributed by atoms with van der Waals surface area (Å²) in [5, 5.41) is 10.4. The second-order valence-electron chi connectivity index (χ2n) is 8.83. The molecule has 7 atom stereocenters. The quantitative estimate of drug-likeness (QED) is 0.754. The van der Waals surface area contributed by atoms with Crippen molar-refractivity contribution < 1.29 is 23.8 Å². The van der Waals surface area contributed by atoms with Crippen LogP contribution >= 0.6 is 0 Å². The number of carbonyl (C=O) groups is 1. The normalized spacial score (nSPS) is 34.9. The van der Waals surface area contributed by atoms with Crippen LogP contribution in [0.25, 0.3) is 17.2 Å². The van der Waals surface area contributed by atoms with Gasteiger partial charge in [0.05, 0.1) is 18.2 Å². The largest absolute Gasteiger partial charge is 0.462 e. The minimum absolute atomic E-state index is 0.0705. The fraction of sp³-hybridized carbons (Fsp3) is 0.440. The summed E-state index contributed by atoms with van der Waals surface area (Å²) in [6, 6.07) is 10.4. The highest BCUT2D eigenvalue weighted by Gasteiger charge is 2.55. The summed E-state index contributed by atoms with van der Waals surface area (Å²) >= 11 is 0. The van der Waals surface area contributed by atoms with Crippen molar-refractivity contribution in [2.45, 2.75) is 32.2 Å². The predicted molar refractivity (Wildman–Crippen MR) is 113 cm³/mol. The predicted octanol–water partition coefficient (Wildman–Crippen LogP) is 4.07. The lowest BCUT2D eigenvalue weighted by Crippen LogP contribution is -2.49. The number of fused-ring (bicyclic) bond motifs is 2. The molecule has 5 nitrogen and oxygen atoms in total. The van der Waals surface area contributed by atoms with Crippen molar-refractivity contribution in [2.24, 2.45) is 29.6 Å². The molecule has 2 aliphatic heterocycles. The maximum atomic E-state index is 14.0. The van der Waals surface area contributed by atoms with Crippen molar-refractivity contribution in [1.29, 1.82) is 0 Å². The minimum atomic E-state index is -0.836. The van der Waals surface area contributed by atoms with Gasteiger partial charge in [0.15, 0.2) is 6.29 Å². The Bertz CT molecular complexity index is 991. The third kappa shape index (κ3) is 3.68. The highest BCUT2D eigenvalue weighted by atomic mass is 19.1. The van der Waals surface area contributed by atoms with E-state index in [1.165, 1.54) is 6.07 Å². The Morgan fingerprint density at radius 3 is 2.81 bits per heavy atom. The highest BCUT2D eigenvalue weighted by molar-refractivity contribution is 5.75. The van der Waals surface area contributed by atoms with Crippen LogP contribution in [0.2, 0.25) is 0 Å². The maximum Gasteiger partial charge on any atom is 0.309 e. The molecule has 5 rings (SSSR count). The molecule has 3 heterocycles. The fourth-order valence-electron chi connectivity index (χ4n) is 5.73. The van der Waals surface area contributed by atoms with Gasteiger partial charge in [-0.25, -0.2) is 4.39 Å². The van der Waals surface area contributed by atoms with Gasteiger partial charge < -0.3 is 14.6 Å². The van der Waals surface area contributed by atoms with E-state index in [9.17, 15) is 14.3 Å². The van der Waals surface area contributed by atoms with Gasteiger partial charge in [0, 0.05) is 29.2 Å². The summed E-state index contributed by atoms with van der Waals surface area (Å²) in [6.45, 7) is 2.48. The van der Waals surface area contributed by atoms with Crippen LogP contribution in [0.1, 0.15) is 25.5 Å². The van der Waals surface area contributed by atoms with E-state index >= 15 is 0 Å². The van der Waals surface area contributed by atoms with E-state index in [0.717, 1.165) is 17.7 Å². The van der Waals surface area contributed by atoms with Crippen LogP contribution in [0.5, 0.6) is 0 Å². The average molecular weight is 423 g/mol. The zero-order valence-corrected chi connectivity index (χ0v) is 17.4. The van der Waals surface area contributed by atoms with Crippen molar-refractivity contribution in [1.82, 2.24) is 4.98 Å². The number of aromatic nitrogens is 1. The van der Waals surface area contributed by atoms with Gasteiger partial charge in [0.1, 0.15) is 11.9 Å². The Labute approximate surface area is 180 Å². The monoisotopic (exact) mass is 423 g/mol. The van der Waals surface area contributed by atoms with E-state index in [1.54, 1.807) is 24.4 Å². The maximum absolute atomic E-state index is 14.0. The lowest BCUT2D eigenvalue weighted by atomic mass is 9.59. The SMILES string of the molecule is C[C@H]1OC(=O)[C@@H]2C[C@@H]3C(O)OCC[C@H]3[C@H](/C=C/c3ccc(-c4ccccc4F)cn3)[C@H]12. The molecule has 3 aliphatic rings. The molecule has 162 valence electrons. The zero-order chi connectivity index (χ0) is 21.5. The molecule has 0 amide bonds. The van der Waals surface area contributed by atoms with E-state index < -0.39 is 6.29 Å². The van der Waals surface area contributed by atoms with Gasteiger partial charge in [0.2, 0.25) is 0 Å². The van der Waals surface area contributed by atoms with Crippen molar-refractivity contribution in [3.05, 3.63) is 60.2 Å². The van der Waals surface area contributed by atoms with Gasteiger partial charge in [-0.1, -0.05) is 30.3 Å². The number of cyclic esters (lactones) is 1. The van der Waals surface area contributed by atoms with Crippen LogP contribution in [0.4, 0.5) is 4.39 Å². The standard InChI is InChI=1S/C25H26FNO4/c1-14-23-19(18-10-11-30-24(28)20(18)12-21(23)25(29)31-14)9-8-16-7-6-15(13-27-16)17-4-2-3-5-22(17)26/h2-9,13-14,18-21,23-24,28H,10-12H2,1H3/b9-8+/t14-,18+,19+,20+,21-,23+,24?/m1/s1. The van der Waals surface area contributed by atoms with Crippen LogP contribution < -0.4 is 0 Å². The van der Waals surface area contributed by atoms with Gasteiger partial charge >= 0.3 is 5.97 Å². The summed E-state index contributed by atoms with van der Waals surface area (Å²) in [5.74, 6) is -0.303. The van der Waals surface area contributed by atoms with Crippen LogP contribution in [-0.2, 0) is 14.3 Å². The lowest BCUT2D eigenvalue weighted by molar-refractivity contribution is -0.200. The molecule has 3 fully saturated rings. The Balaban J connectivity index is 1.41. The van der Waals surface area contributed by atoms with Crippen molar-refractivity contribution in [3.8, 4) is 11.1 Å². The minimum Gasteiger partial charge on any atom is -0.462 e. The molecule has 1 aromatic heterocycles. The first kappa shape index (κ1) is 20.3. The van der Waals surface area contributed by atoms with Gasteiger partial charge in [-0.15, -0.1) is 0 Å². The fourth-order valence-corrected chi connectivity index (χ4v) is 5.73. The number of hydrogen-bond acceptors (Lipinski definition) is 5. The molecule has 1 unspecified atom stereocenters. The molecular formula is C25H26FNO4. The second-order valence-corrected chi connectivity index (χ2v) is 8.83. The van der Waals surface area contributed by atoms with Crippen molar-refractivity contribution in [2.75, 3.05) is 6.61 Å². The van der Waals surface area contributed by atoms with Crippen LogP contribution in [-0.4, -0.2) is 35.1 Å². The molecule has 1 aliphatic carbocycles. The molecule has 1 N–H and O–H groups in total. The zero-order valence-electron chi connectivity index (χ0n) is 17.4. The molecule has 6 heteroatoms. The molecule has 31 heavy (non-hydrogen) atoms. The number of pyridine rings is 1. The van der Waals surface area contributed by atoms with Crippen molar-refractivity contribution in [3.63, 3.8) is 0 Å². The summed E-state index contributed by atoms with van der Waals surface area (Å²) in [6.07, 6.45) is 6.23. The molecule has 2 aromatic rings. The Kier molecular flexibility index (Phi) is 5.36. The topological polar surface area (TPSA) is 68.7 Å². The van der Waals surface area contributed by atoms with Gasteiger partial charge in [0.25, 0.3) is 0 Å². The van der Waals surface area contributed by atoms with E-state index in [0.29, 0.717) is 18.6 Å². The Morgan fingerprint density at radius 2 is 2.03 bits per heavy atom. The first-order valence-corrected chi connectivity index (χ1v) is 10.9. The third-order valence-electron chi connectivity index (χ3n) is 7.19. The van der Waals surface area contributed by atoms with Gasteiger partial charge in [-0.05, 0) is 49.8 Å². The Hall–Kier alpha value is -2.57. The number of benzene rings is 1.